The Morgan fingerprint density at radius 2 is 2.31 bits per heavy atom. The lowest BCUT2D eigenvalue weighted by Gasteiger charge is -2.35. The minimum atomic E-state index is 0.587. The van der Waals surface area contributed by atoms with Crippen molar-refractivity contribution in [1.29, 1.82) is 0 Å². The Morgan fingerprint density at radius 3 is 3.00 bits per heavy atom. The lowest BCUT2D eigenvalue weighted by atomic mass is 9.96. The van der Waals surface area contributed by atoms with Crippen molar-refractivity contribution in [3.8, 4) is 0 Å². The largest absolute Gasteiger partial charge is 0.352 e. The lowest BCUT2D eigenvalue weighted by molar-refractivity contribution is 0.157. The van der Waals surface area contributed by atoms with Crippen molar-refractivity contribution in [2.24, 2.45) is 0 Å². The molecule has 1 atom stereocenters. The number of piperidine rings is 1. The van der Waals surface area contributed by atoms with Gasteiger partial charge in [-0.3, -0.25) is 4.90 Å². The summed E-state index contributed by atoms with van der Waals surface area (Å²) in [5, 5.41) is 0. The summed E-state index contributed by atoms with van der Waals surface area (Å²) in [5.74, 6) is 0. The first-order chi connectivity index (χ1) is 7.72. The van der Waals surface area contributed by atoms with Gasteiger partial charge < -0.3 is 4.98 Å². The van der Waals surface area contributed by atoms with Crippen molar-refractivity contribution in [3.05, 3.63) is 28.0 Å². The SMILES string of the molecule is CCN1CCCC[C@@H]1c1c[nH]c(=S)c(C)c1. The van der Waals surface area contributed by atoms with Gasteiger partial charge in [0.1, 0.15) is 4.64 Å². The molecule has 0 saturated carbocycles. The van der Waals surface area contributed by atoms with Gasteiger partial charge in [0.2, 0.25) is 0 Å². The van der Waals surface area contributed by atoms with E-state index in [1.807, 2.05) is 0 Å². The number of H-pyrrole nitrogens is 1. The molecule has 2 rings (SSSR count). The first kappa shape index (κ1) is 11.8. The van der Waals surface area contributed by atoms with E-state index in [4.69, 9.17) is 12.2 Å². The van der Waals surface area contributed by atoms with E-state index >= 15 is 0 Å². The summed E-state index contributed by atoms with van der Waals surface area (Å²) in [7, 11) is 0. The van der Waals surface area contributed by atoms with E-state index < -0.39 is 0 Å². The monoisotopic (exact) mass is 236 g/mol. The van der Waals surface area contributed by atoms with E-state index in [0.717, 1.165) is 11.2 Å². The van der Waals surface area contributed by atoms with Crippen LogP contribution in [0.4, 0.5) is 0 Å². The zero-order chi connectivity index (χ0) is 11.5. The molecule has 0 bridgehead atoms. The lowest BCUT2D eigenvalue weighted by Crippen LogP contribution is -2.33. The van der Waals surface area contributed by atoms with Crippen molar-refractivity contribution in [2.45, 2.75) is 39.2 Å². The third-order valence-corrected chi connectivity index (χ3v) is 3.96. The molecule has 1 aromatic rings. The second-order valence-corrected chi connectivity index (χ2v) is 4.99. The van der Waals surface area contributed by atoms with Crippen molar-refractivity contribution >= 4 is 12.2 Å². The molecule has 0 spiro atoms. The number of hydrogen-bond acceptors (Lipinski definition) is 2. The average molecular weight is 236 g/mol. The van der Waals surface area contributed by atoms with Crippen molar-refractivity contribution in [3.63, 3.8) is 0 Å². The molecule has 0 aromatic carbocycles. The average Bonchev–Trinajstić information content (AvgIpc) is 2.32. The van der Waals surface area contributed by atoms with E-state index in [1.165, 1.54) is 36.9 Å². The number of pyridine rings is 1. The molecule has 88 valence electrons. The van der Waals surface area contributed by atoms with Crippen LogP contribution in [0, 0.1) is 11.6 Å². The fourth-order valence-corrected chi connectivity index (χ4v) is 2.68. The number of aryl methyl sites for hydroxylation is 1. The first-order valence-electron chi connectivity index (χ1n) is 6.15. The molecular weight excluding hydrogens is 216 g/mol. The van der Waals surface area contributed by atoms with E-state index in [2.05, 4.69) is 36.0 Å². The number of likely N-dealkylation sites (tertiary alicyclic amines) is 1. The Kier molecular flexibility index (Phi) is 3.77. The summed E-state index contributed by atoms with van der Waals surface area (Å²) < 4.78 is 0.864. The molecular formula is C13H20N2S. The summed E-state index contributed by atoms with van der Waals surface area (Å²) in [5.41, 5.74) is 2.58. The highest BCUT2D eigenvalue weighted by molar-refractivity contribution is 7.71. The Hall–Kier alpha value is -0.670. The van der Waals surface area contributed by atoms with Gasteiger partial charge in [-0.05, 0) is 44.0 Å². The van der Waals surface area contributed by atoms with Gasteiger partial charge in [0, 0.05) is 12.2 Å². The number of aromatic nitrogens is 1. The predicted octanol–water partition coefficient (Wildman–Crippen LogP) is 3.60. The Balaban J connectivity index is 2.27. The van der Waals surface area contributed by atoms with Gasteiger partial charge in [-0.15, -0.1) is 0 Å². The molecule has 0 aliphatic carbocycles. The minimum Gasteiger partial charge on any atom is -0.352 e. The van der Waals surface area contributed by atoms with E-state index in [9.17, 15) is 0 Å². The Morgan fingerprint density at radius 1 is 1.50 bits per heavy atom. The van der Waals surface area contributed by atoms with Crippen molar-refractivity contribution in [2.75, 3.05) is 13.1 Å². The predicted molar refractivity (Wildman–Crippen MR) is 70.2 cm³/mol. The smallest absolute Gasteiger partial charge is 0.106 e. The third-order valence-electron chi connectivity index (χ3n) is 3.52. The maximum absolute atomic E-state index is 5.20. The highest BCUT2D eigenvalue weighted by Gasteiger charge is 2.22. The van der Waals surface area contributed by atoms with E-state index in [1.54, 1.807) is 0 Å². The highest BCUT2D eigenvalue weighted by atomic mass is 32.1. The molecule has 0 unspecified atom stereocenters. The summed E-state index contributed by atoms with van der Waals surface area (Å²) >= 11 is 5.20. The first-order valence-corrected chi connectivity index (χ1v) is 6.56. The molecule has 3 heteroatoms. The number of aromatic amines is 1. The Labute approximate surface area is 103 Å². The highest BCUT2D eigenvalue weighted by Crippen LogP contribution is 2.30. The zero-order valence-corrected chi connectivity index (χ0v) is 10.9. The molecule has 2 heterocycles. The summed E-state index contributed by atoms with van der Waals surface area (Å²) in [6, 6.07) is 2.83. The fraction of sp³-hybridized carbons (Fsp3) is 0.615. The molecule has 1 aliphatic rings. The van der Waals surface area contributed by atoms with Gasteiger partial charge in [0.05, 0.1) is 0 Å². The number of rotatable bonds is 2. The van der Waals surface area contributed by atoms with E-state index in [0.29, 0.717) is 6.04 Å². The molecule has 0 radical (unpaired) electrons. The second-order valence-electron chi connectivity index (χ2n) is 4.59. The molecule has 1 saturated heterocycles. The van der Waals surface area contributed by atoms with Crippen molar-refractivity contribution in [1.82, 2.24) is 9.88 Å². The maximum atomic E-state index is 5.20. The van der Waals surface area contributed by atoms with Gasteiger partial charge in [-0.1, -0.05) is 31.6 Å². The normalized spacial score (nSPS) is 22.2. The van der Waals surface area contributed by atoms with Crippen LogP contribution in [-0.4, -0.2) is 23.0 Å². The standard InChI is InChI=1S/C13H20N2S/c1-3-15-7-5-4-6-12(15)11-8-10(2)13(16)14-9-11/h8-9,12H,3-7H2,1-2H3,(H,14,16)/t12-/m1/s1. The van der Waals surface area contributed by atoms with Crippen LogP contribution in [0.15, 0.2) is 12.3 Å². The van der Waals surface area contributed by atoms with Crippen LogP contribution in [0.25, 0.3) is 0 Å². The van der Waals surface area contributed by atoms with Crippen LogP contribution in [-0.2, 0) is 0 Å². The number of nitrogens with zero attached hydrogens (tertiary/aromatic N) is 1. The number of nitrogens with one attached hydrogen (secondary N) is 1. The van der Waals surface area contributed by atoms with Gasteiger partial charge in [-0.25, -0.2) is 0 Å². The maximum Gasteiger partial charge on any atom is 0.106 e. The molecule has 2 nitrogen and oxygen atoms in total. The summed E-state index contributed by atoms with van der Waals surface area (Å²) in [4.78, 5) is 5.76. The Bertz CT molecular complexity index is 411. The number of hydrogen-bond donors (Lipinski definition) is 1. The molecule has 1 N–H and O–H groups in total. The van der Waals surface area contributed by atoms with Gasteiger partial charge in [-0.2, -0.15) is 0 Å². The van der Waals surface area contributed by atoms with Gasteiger partial charge in [0.25, 0.3) is 0 Å². The molecule has 0 amide bonds. The second kappa shape index (κ2) is 5.11. The molecule has 1 aliphatic heterocycles. The zero-order valence-electron chi connectivity index (χ0n) is 10.1. The van der Waals surface area contributed by atoms with Gasteiger partial charge >= 0.3 is 0 Å². The summed E-state index contributed by atoms with van der Waals surface area (Å²) in [6.45, 7) is 6.70. The van der Waals surface area contributed by atoms with Crippen LogP contribution in [0.1, 0.15) is 43.4 Å². The fourth-order valence-electron chi connectivity index (χ4n) is 2.56. The minimum absolute atomic E-state index is 0.587. The topological polar surface area (TPSA) is 19.0 Å². The van der Waals surface area contributed by atoms with Crippen molar-refractivity contribution < 1.29 is 0 Å². The van der Waals surface area contributed by atoms with Crippen LogP contribution >= 0.6 is 12.2 Å². The third kappa shape index (κ3) is 2.36. The quantitative estimate of drug-likeness (QED) is 0.791. The van der Waals surface area contributed by atoms with Gasteiger partial charge in [0.15, 0.2) is 0 Å². The van der Waals surface area contributed by atoms with Crippen LogP contribution in [0.3, 0.4) is 0 Å². The molecule has 1 aromatic heterocycles. The van der Waals surface area contributed by atoms with Crippen LogP contribution < -0.4 is 0 Å². The molecule has 16 heavy (non-hydrogen) atoms. The van der Waals surface area contributed by atoms with Crippen LogP contribution in [0.5, 0.6) is 0 Å². The molecule has 1 fully saturated rings. The van der Waals surface area contributed by atoms with Crippen LogP contribution in [0.2, 0.25) is 0 Å². The summed E-state index contributed by atoms with van der Waals surface area (Å²) in [6.07, 6.45) is 6.05. The van der Waals surface area contributed by atoms with E-state index in [-0.39, 0.29) is 0 Å².